The number of allylic oxidation sites excluding steroid dienone is 3. The number of carbonyl (C=O) groups is 6. The number of phenols is 1. The Labute approximate surface area is 306 Å². The fourth-order valence-electron chi connectivity index (χ4n) is 7.58. The van der Waals surface area contributed by atoms with Gasteiger partial charge in [0.15, 0.2) is 5.78 Å². The van der Waals surface area contributed by atoms with Crippen molar-refractivity contribution in [3.8, 4) is 11.5 Å². The van der Waals surface area contributed by atoms with Crippen molar-refractivity contribution >= 4 is 35.0 Å². The molecule has 2 aliphatic carbocycles. The lowest BCUT2D eigenvalue weighted by atomic mass is 9.79. The van der Waals surface area contributed by atoms with E-state index in [4.69, 9.17) is 18.9 Å². The second kappa shape index (κ2) is 14.5. The Bertz CT molecular complexity index is 1880. The van der Waals surface area contributed by atoms with E-state index in [1.54, 1.807) is 20.8 Å². The number of nitrogens with one attached hydrogen (secondary N) is 2. The summed E-state index contributed by atoms with van der Waals surface area (Å²) in [5, 5.41) is 39.0. The summed E-state index contributed by atoms with van der Waals surface area (Å²) in [6.07, 6.45) is -0.123. The van der Waals surface area contributed by atoms with Gasteiger partial charge in [0.1, 0.15) is 29.0 Å². The van der Waals surface area contributed by atoms with Gasteiger partial charge in [0, 0.05) is 62.8 Å². The maximum absolute atomic E-state index is 14.1. The molecule has 1 aromatic rings. The number of aliphatic hydroxyl groups excluding tert-OH is 2. The number of phenolic OH excluding ortho intramolecular Hbond substituents is 1. The first kappa shape index (κ1) is 39.3. The summed E-state index contributed by atoms with van der Waals surface area (Å²) in [6, 6.07) is 0. The zero-order valence-corrected chi connectivity index (χ0v) is 31.1. The van der Waals surface area contributed by atoms with E-state index in [-0.39, 0.29) is 28.1 Å². The third kappa shape index (κ3) is 6.77. The summed E-state index contributed by atoms with van der Waals surface area (Å²) < 4.78 is 23.2. The number of fused-ring (bicyclic) bond motifs is 12. The van der Waals surface area contributed by atoms with Gasteiger partial charge in [0.05, 0.1) is 41.3 Å². The molecule has 5 N–H and O–H groups in total. The fourth-order valence-corrected chi connectivity index (χ4v) is 7.58. The molecule has 0 unspecified atom stereocenters. The zero-order chi connectivity index (χ0) is 39.4. The Hall–Kier alpha value is -4.86. The van der Waals surface area contributed by atoms with Crippen LogP contribution in [0.2, 0.25) is 0 Å². The highest BCUT2D eigenvalue weighted by Crippen LogP contribution is 2.49. The molecule has 0 aromatic heterocycles. The first-order valence-electron chi connectivity index (χ1n) is 17.4. The Morgan fingerprint density at radius 1 is 0.981 bits per heavy atom. The first-order chi connectivity index (χ1) is 24.8. The van der Waals surface area contributed by atoms with Crippen LogP contribution in [-0.2, 0) is 28.6 Å². The van der Waals surface area contributed by atoms with Crippen LogP contribution in [0.1, 0.15) is 84.6 Å². The van der Waals surface area contributed by atoms with Crippen molar-refractivity contribution in [3.05, 3.63) is 57.6 Å². The summed E-state index contributed by atoms with van der Waals surface area (Å²) in [7, 11) is 2.73. The van der Waals surface area contributed by atoms with E-state index in [1.807, 2.05) is 0 Å². The number of likely N-dealkylation sites (N-methyl/N-ethyl adjacent to an activating group) is 1. The largest absolute Gasteiger partial charge is 0.507 e. The number of amides is 1. The van der Waals surface area contributed by atoms with E-state index in [0.717, 1.165) is 12.3 Å². The third-order valence-electron chi connectivity index (χ3n) is 10.9. The van der Waals surface area contributed by atoms with Gasteiger partial charge in [-0.15, -0.1) is 0 Å². The number of ether oxygens (including phenoxy) is 4. The van der Waals surface area contributed by atoms with Gasteiger partial charge in [0.2, 0.25) is 11.6 Å². The Kier molecular flexibility index (Phi) is 10.8. The van der Waals surface area contributed by atoms with Gasteiger partial charge in [-0.2, -0.15) is 0 Å². The lowest BCUT2D eigenvalue weighted by Gasteiger charge is -2.37. The number of ketones is 4. The molecule has 1 aromatic carbocycles. The average molecular weight is 739 g/mol. The molecule has 1 fully saturated rings. The Morgan fingerprint density at radius 2 is 1.64 bits per heavy atom. The van der Waals surface area contributed by atoms with Crippen LogP contribution in [0.25, 0.3) is 0 Å². The predicted molar refractivity (Wildman–Crippen MR) is 186 cm³/mol. The van der Waals surface area contributed by atoms with Crippen LogP contribution in [0.3, 0.4) is 0 Å². The van der Waals surface area contributed by atoms with Gasteiger partial charge < -0.3 is 44.9 Å². The molecule has 53 heavy (non-hydrogen) atoms. The molecule has 3 heterocycles. The van der Waals surface area contributed by atoms with E-state index >= 15 is 0 Å². The van der Waals surface area contributed by atoms with E-state index in [2.05, 4.69) is 10.6 Å². The molecule has 1 saturated carbocycles. The van der Waals surface area contributed by atoms with Gasteiger partial charge in [-0.3, -0.25) is 28.8 Å². The van der Waals surface area contributed by atoms with Crippen molar-refractivity contribution in [3.63, 3.8) is 0 Å². The van der Waals surface area contributed by atoms with Crippen molar-refractivity contribution in [2.45, 2.75) is 85.1 Å². The van der Waals surface area contributed by atoms with Crippen molar-refractivity contribution in [2.75, 3.05) is 14.2 Å². The number of aromatic hydroxyl groups is 1. The van der Waals surface area contributed by atoms with Gasteiger partial charge >= 0.3 is 11.8 Å². The number of hydrogen-bond acceptors (Lipinski definition) is 14. The smallest absolute Gasteiger partial charge is 0.312 e. The standard InChI is InChI=1S/C38H46N2O13/c1-14-12-22(42)20-13-21(20)30(44)16(3)29(43)17(4)34(52-19(6)41)15(2)23(50-9)10-11-51-38(7)36(48)26-24-25(31(45)18(5)35(26)53-38)33(47)28(40-37(14)49)27(39-8)32(24)46/h10-12,15-17,20-21,23,29-30,34,39,43-45H,13H2,1-9H3,(H,40,49)/b11-10+,14-12-/t15-,16+,17-,20-,21+,23+,29-,30-,34-,38+/m1/s1. The maximum atomic E-state index is 14.1. The molecule has 5 bridgehead atoms. The van der Waals surface area contributed by atoms with Crippen LogP contribution >= 0.6 is 0 Å². The maximum Gasteiger partial charge on any atom is 0.312 e. The number of aliphatic hydroxyl groups is 2. The van der Waals surface area contributed by atoms with Crippen molar-refractivity contribution < 1.29 is 63.0 Å². The highest BCUT2D eigenvalue weighted by molar-refractivity contribution is 6.32. The number of benzene rings is 1. The van der Waals surface area contributed by atoms with Gasteiger partial charge in [-0.05, 0) is 38.3 Å². The van der Waals surface area contributed by atoms with E-state index in [9.17, 15) is 44.1 Å². The zero-order valence-electron chi connectivity index (χ0n) is 31.1. The van der Waals surface area contributed by atoms with Crippen molar-refractivity contribution in [2.24, 2.45) is 29.6 Å². The lowest BCUT2D eigenvalue weighted by molar-refractivity contribution is -0.160. The third-order valence-corrected chi connectivity index (χ3v) is 10.9. The molecule has 0 radical (unpaired) electrons. The minimum absolute atomic E-state index is 0.0362. The van der Waals surface area contributed by atoms with Crippen LogP contribution in [-0.4, -0.2) is 94.7 Å². The minimum atomic E-state index is -2.08. The fraction of sp³-hybridized carbons (Fsp3) is 0.526. The number of hydrogen-bond donors (Lipinski definition) is 5. The molecule has 0 spiro atoms. The van der Waals surface area contributed by atoms with Gasteiger partial charge in [-0.1, -0.05) is 20.8 Å². The highest BCUT2D eigenvalue weighted by atomic mass is 16.7. The summed E-state index contributed by atoms with van der Waals surface area (Å²) in [5.41, 5.74) is -2.28. The van der Waals surface area contributed by atoms with Gasteiger partial charge in [0.25, 0.3) is 11.7 Å². The second-order valence-corrected chi connectivity index (χ2v) is 14.4. The van der Waals surface area contributed by atoms with E-state index in [0.29, 0.717) is 6.42 Å². The first-order valence-corrected chi connectivity index (χ1v) is 17.4. The summed E-state index contributed by atoms with van der Waals surface area (Å²) in [4.78, 5) is 80.9. The second-order valence-electron chi connectivity index (χ2n) is 14.4. The van der Waals surface area contributed by atoms with Crippen LogP contribution < -0.4 is 15.4 Å². The van der Waals surface area contributed by atoms with Crippen LogP contribution in [0, 0.1) is 36.5 Å². The molecule has 1 amide bonds. The van der Waals surface area contributed by atoms with E-state index < -0.39 is 117 Å². The molecular formula is C38H46N2O13. The SMILES string of the molecule is CNC1=C2NC(=O)/C(C)=C\C(=O)[C@@H]3C[C@@H]3[C@H](O)[C@@H](C)[C@@H](O)[C@@H](C)[C@H](OC(C)=O)[C@H](C)[C@@H](OC)/C=C/O[C@@]3(C)Oc4c(C)c(O)c(c(c4C3=O)C1=O)C2=O. The molecular weight excluding hydrogens is 692 g/mol. The molecule has 286 valence electrons. The molecule has 15 nitrogen and oxygen atoms in total. The predicted octanol–water partition coefficient (Wildman–Crippen LogP) is 2.19. The Balaban J connectivity index is 1.62. The summed E-state index contributed by atoms with van der Waals surface area (Å²) in [6.45, 7) is 10.3. The molecule has 10 atom stereocenters. The molecule has 6 rings (SSSR count). The van der Waals surface area contributed by atoms with Crippen molar-refractivity contribution in [1.82, 2.24) is 10.6 Å². The average Bonchev–Trinajstić information content (AvgIpc) is 3.87. The van der Waals surface area contributed by atoms with Crippen molar-refractivity contribution in [1.29, 1.82) is 0 Å². The summed E-state index contributed by atoms with van der Waals surface area (Å²) in [5.74, 6) is -10.9. The molecule has 5 aliphatic rings. The van der Waals surface area contributed by atoms with Gasteiger partial charge in [-0.25, -0.2) is 0 Å². The monoisotopic (exact) mass is 738 g/mol. The highest BCUT2D eigenvalue weighted by Gasteiger charge is 2.53. The van der Waals surface area contributed by atoms with Crippen LogP contribution in [0.5, 0.6) is 11.5 Å². The molecule has 3 aliphatic heterocycles. The minimum Gasteiger partial charge on any atom is -0.507 e. The lowest BCUT2D eigenvalue weighted by Crippen LogP contribution is -2.46. The van der Waals surface area contributed by atoms with E-state index in [1.165, 1.54) is 47.9 Å². The molecule has 15 heteroatoms. The Morgan fingerprint density at radius 3 is 2.25 bits per heavy atom. The molecule has 0 saturated heterocycles. The summed E-state index contributed by atoms with van der Waals surface area (Å²) >= 11 is 0. The van der Waals surface area contributed by atoms with Crippen LogP contribution in [0.15, 0.2) is 35.4 Å². The number of Topliss-reactive ketones (excluding diaryl/α,β-unsaturated/α-hetero) is 3. The number of methoxy groups -OCH3 is 1. The number of carbonyl (C=O) groups excluding carboxylic acids is 6. The topological polar surface area (TPSA) is 224 Å². The number of rotatable bonds is 3. The van der Waals surface area contributed by atoms with Crippen LogP contribution in [0.4, 0.5) is 0 Å². The normalized spacial score (nSPS) is 35.0. The number of esters is 1. The quantitative estimate of drug-likeness (QED) is 0.281.